The SMILES string of the molecule is O=S(=O)(C(C=Cc1ccc(F)cc1)c1ccc(Cl)cc1Cl)C(C=Cc1ccc(F)cc1)c1ccc(Cl)cc1Cl. The van der Waals surface area contributed by atoms with Gasteiger partial charge in [-0.1, -0.05) is 107 Å². The predicted molar refractivity (Wildman–Crippen MR) is 158 cm³/mol. The molecule has 0 amide bonds. The minimum atomic E-state index is -4.17. The molecule has 0 spiro atoms. The van der Waals surface area contributed by atoms with Crippen LogP contribution in [0.2, 0.25) is 20.1 Å². The standard InChI is InChI=1S/C30H20Cl4F2O2S/c31-21-7-13-25(27(33)17-21)29(15-5-19-1-9-23(35)10-2-19)39(37,38)30(26-14-8-22(32)18-28(26)34)16-6-20-3-11-24(36)12-4-20/h1-18,29-30H. The monoisotopic (exact) mass is 622 g/mol. The third kappa shape index (κ3) is 7.30. The van der Waals surface area contributed by atoms with E-state index in [9.17, 15) is 17.2 Å². The van der Waals surface area contributed by atoms with Crippen LogP contribution >= 0.6 is 46.4 Å². The molecule has 2 unspecified atom stereocenters. The van der Waals surface area contributed by atoms with Crippen molar-refractivity contribution in [1.29, 1.82) is 0 Å². The minimum absolute atomic E-state index is 0.156. The molecule has 9 heteroatoms. The van der Waals surface area contributed by atoms with E-state index in [4.69, 9.17) is 46.4 Å². The Bertz CT molecular complexity index is 1520. The van der Waals surface area contributed by atoms with Crippen LogP contribution in [0.15, 0.2) is 97.1 Å². The molecule has 4 rings (SSSR count). The highest BCUT2D eigenvalue weighted by atomic mass is 35.5. The van der Waals surface area contributed by atoms with Crippen molar-refractivity contribution in [3.05, 3.63) is 151 Å². The Kier molecular flexibility index (Phi) is 9.52. The van der Waals surface area contributed by atoms with E-state index in [1.807, 2.05) is 0 Å². The van der Waals surface area contributed by atoms with Gasteiger partial charge in [0.25, 0.3) is 0 Å². The predicted octanol–water partition coefficient (Wildman–Crippen LogP) is 10.2. The number of halogens is 6. The van der Waals surface area contributed by atoms with Gasteiger partial charge in [-0.3, -0.25) is 0 Å². The lowest BCUT2D eigenvalue weighted by Crippen LogP contribution is -2.19. The van der Waals surface area contributed by atoms with E-state index in [-0.39, 0.29) is 10.0 Å². The quantitative estimate of drug-likeness (QED) is 0.196. The maximum absolute atomic E-state index is 14.5. The molecule has 0 fully saturated rings. The fourth-order valence-corrected chi connectivity index (χ4v) is 7.16. The molecule has 2 atom stereocenters. The summed E-state index contributed by atoms with van der Waals surface area (Å²) in [5.74, 6) is -0.833. The van der Waals surface area contributed by atoms with Gasteiger partial charge in [0.15, 0.2) is 9.84 Å². The molecule has 4 aromatic carbocycles. The average Bonchev–Trinajstić information content (AvgIpc) is 2.88. The van der Waals surface area contributed by atoms with Crippen molar-refractivity contribution in [3.8, 4) is 0 Å². The highest BCUT2D eigenvalue weighted by Crippen LogP contribution is 2.42. The van der Waals surface area contributed by atoms with E-state index in [1.165, 1.54) is 72.8 Å². The summed E-state index contributed by atoms with van der Waals surface area (Å²) >= 11 is 25.2. The molecule has 0 aliphatic heterocycles. The van der Waals surface area contributed by atoms with Crippen molar-refractivity contribution in [3.63, 3.8) is 0 Å². The summed E-state index contributed by atoms with van der Waals surface area (Å²) in [4.78, 5) is 0. The van der Waals surface area contributed by atoms with Crippen LogP contribution in [-0.2, 0) is 9.84 Å². The zero-order valence-corrected chi connectivity index (χ0v) is 23.9. The van der Waals surface area contributed by atoms with Crippen molar-refractivity contribution in [2.75, 3.05) is 0 Å². The molecule has 2 nitrogen and oxygen atoms in total. The first-order chi connectivity index (χ1) is 18.5. The van der Waals surface area contributed by atoms with Crippen LogP contribution in [0.1, 0.15) is 32.8 Å². The van der Waals surface area contributed by atoms with E-state index >= 15 is 0 Å². The van der Waals surface area contributed by atoms with Crippen LogP contribution in [-0.4, -0.2) is 8.42 Å². The van der Waals surface area contributed by atoms with Gasteiger partial charge in [-0.25, -0.2) is 17.2 Å². The number of rotatable bonds is 8. The fourth-order valence-electron chi connectivity index (χ4n) is 3.95. The van der Waals surface area contributed by atoms with Gasteiger partial charge in [0.2, 0.25) is 0 Å². The van der Waals surface area contributed by atoms with Crippen LogP contribution in [0.5, 0.6) is 0 Å². The molecule has 0 saturated carbocycles. The lowest BCUT2D eigenvalue weighted by molar-refractivity contribution is 0.584. The van der Waals surface area contributed by atoms with Gasteiger partial charge in [-0.15, -0.1) is 0 Å². The molecule has 0 N–H and O–H groups in total. The number of sulfone groups is 1. The maximum Gasteiger partial charge on any atom is 0.171 e. The van der Waals surface area contributed by atoms with Gasteiger partial charge in [0.05, 0.1) is 0 Å². The second-order valence-electron chi connectivity index (χ2n) is 8.58. The summed E-state index contributed by atoms with van der Waals surface area (Å²) in [7, 11) is -4.17. The zero-order chi connectivity index (χ0) is 28.2. The van der Waals surface area contributed by atoms with Gasteiger partial charge < -0.3 is 0 Å². The second-order valence-corrected chi connectivity index (χ2v) is 12.5. The molecular formula is C30H20Cl4F2O2S. The lowest BCUT2D eigenvalue weighted by atomic mass is 10.1. The van der Waals surface area contributed by atoms with E-state index in [1.54, 1.807) is 36.4 Å². The molecule has 0 aromatic heterocycles. The average molecular weight is 624 g/mol. The van der Waals surface area contributed by atoms with Crippen molar-refractivity contribution >= 4 is 68.4 Å². The lowest BCUT2D eigenvalue weighted by Gasteiger charge is -2.23. The van der Waals surface area contributed by atoms with E-state index in [0.29, 0.717) is 32.3 Å². The van der Waals surface area contributed by atoms with Crippen LogP contribution in [0.4, 0.5) is 8.78 Å². The first-order valence-electron chi connectivity index (χ1n) is 11.5. The molecule has 0 bridgehead atoms. The Morgan fingerprint density at radius 3 is 1.26 bits per heavy atom. The van der Waals surface area contributed by atoms with Gasteiger partial charge >= 0.3 is 0 Å². The molecular weight excluding hydrogens is 604 g/mol. The Balaban J connectivity index is 1.88. The van der Waals surface area contributed by atoms with Crippen molar-refractivity contribution in [1.82, 2.24) is 0 Å². The van der Waals surface area contributed by atoms with Gasteiger partial charge in [-0.05, 0) is 70.8 Å². The third-order valence-corrected chi connectivity index (χ3v) is 9.28. The van der Waals surface area contributed by atoms with Gasteiger partial charge in [-0.2, -0.15) is 0 Å². The Hall–Kier alpha value is -2.67. The Labute approximate surface area is 246 Å². The fraction of sp³-hybridized carbons (Fsp3) is 0.0667. The summed E-state index contributed by atoms with van der Waals surface area (Å²) in [6, 6.07) is 20.4. The van der Waals surface area contributed by atoms with Crippen molar-refractivity contribution in [2.24, 2.45) is 0 Å². The highest BCUT2D eigenvalue weighted by Gasteiger charge is 2.35. The van der Waals surface area contributed by atoms with Gasteiger partial charge in [0, 0.05) is 20.1 Å². The summed E-state index contributed by atoms with van der Waals surface area (Å²) < 4.78 is 55.8. The number of hydrogen-bond donors (Lipinski definition) is 0. The molecule has 0 saturated heterocycles. The van der Waals surface area contributed by atoms with Gasteiger partial charge in [0.1, 0.15) is 22.1 Å². The van der Waals surface area contributed by atoms with Crippen molar-refractivity contribution < 1.29 is 17.2 Å². The molecule has 200 valence electrons. The summed E-state index contributed by atoms with van der Waals surface area (Å²) in [6.45, 7) is 0. The summed E-state index contributed by atoms with van der Waals surface area (Å²) in [5, 5.41) is -1.50. The largest absolute Gasteiger partial charge is 0.227 e. The topological polar surface area (TPSA) is 34.1 Å². The Morgan fingerprint density at radius 2 is 0.923 bits per heavy atom. The molecule has 39 heavy (non-hydrogen) atoms. The normalized spacial score (nSPS) is 13.7. The third-order valence-electron chi connectivity index (χ3n) is 5.91. The van der Waals surface area contributed by atoms with E-state index in [0.717, 1.165) is 0 Å². The van der Waals surface area contributed by atoms with Crippen LogP contribution < -0.4 is 0 Å². The first-order valence-corrected chi connectivity index (χ1v) is 14.7. The van der Waals surface area contributed by atoms with Crippen molar-refractivity contribution in [2.45, 2.75) is 10.5 Å². The molecule has 4 aromatic rings. The second kappa shape index (κ2) is 12.7. The van der Waals surface area contributed by atoms with E-state index in [2.05, 4.69) is 0 Å². The molecule has 0 radical (unpaired) electrons. The molecule has 0 heterocycles. The minimum Gasteiger partial charge on any atom is -0.227 e. The first kappa shape index (κ1) is 29.3. The highest BCUT2D eigenvalue weighted by molar-refractivity contribution is 7.92. The number of hydrogen-bond acceptors (Lipinski definition) is 2. The van der Waals surface area contributed by atoms with E-state index < -0.39 is 32.0 Å². The molecule has 0 aliphatic carbocycles. The molecule has 0 aliphatic rings. The summed E-state index contributed by atoms with van der Waals surface area (Å²) in [6.07, 6.45) is 6.13. The van der Waals surface area contributed by atoms with Crippen LogP contribution in [0.3, 0.4) is 0 Å². The summed E-state index contributed by atoms with van der Waals surface area (Å²) in [5.41, 5.74) is 1.77. The Morgan fingerprint density at radius 1 is 0.564 bits per heavy atom. The number of benzene rings is 4. The van der Waals surface area contributed by atoms with Crippen LogP contribution in [0.25, 0.3) is 12.2 Å². The zero-order valence-electron chi connectivity index (χ0n) is 20.0. The smallest absolute Gasteiger partial charge is 0.171 e. The maximum atomic E-state index is 14.5. The van der Waals surface area contributed by atoms with Crippen LogP contribution in [0, 0.1) is 11.6 Å².